The second-order valence-corrected chi connectivity index (χ2v) is 4.83. The lowest BCUT2D eigenvalue weighted by Gasteiger charge is -2.10. The van der Waals surface area contributed by atoms with Gasteiger partial charge in [0.05, 0.1) is 6.10 Å². The summed E-state index contributed by atoms with van der Waals surface area (Å²) in [6.07, 6.45) is 1.78. The lowest BCUT2D eigenvalue weighted by Crippen LogP contribution is -2.28. The maximum atomic E-state index is 11.7. The van der Waals surface area contributed by atoms with Crippen LogP contribution in [0.25, 0.3) is 0 Å². The van der Waals surface area contributed by atoms with Crippen molar-refractivity contribution >= 4 is 11.8 Å². The molecule has 0 fully saturated rings. The average Bonchev–Trinajstić information content (AvgIpc) is 2.47. The van der Waals surface area contributed by atoms with Crippen LogP contribution in [-0.2, 0) is 6.54 Å². The molecule has 110 valence electrons. The number of urea groups is 1. The molecule has 0 spiro atoms. The number of nitrogens with one attached hydrogen (secondary N) is 2. The average molecular weight is 285 g/mol. The van der Waals surface area contributed by atoms with Crippen LogP contribution in [0.1, 0.15) is 19.4 Å². The number of amides is 2. The molecule has 2 amide bonds. The van der Waals surface area contributed by atoms with Gasteiger partial charge in [-0.15, -0.1) is 0 Å². The van der Waals surface area contributed by atoms with Gasteiger partial charge in [0.2, 0.25) is 0 Å². The number of rotatable bonds is 5. The Labute approximate surface area is 124 Å². The molecule has 0 atom stereocenters. The van der Waals surface area contributed by atoms with Crippen molar-refractivity contribution in [3.8, 4) is 5.75 Å². The molecule has 5 heteroatoms. The van der Waals surface area contributed by atoms with Crippen molar-refractivity contribution in [3.05, 3.63) is 54.2 Å². The van der Waals surface area contributed by atoms with Crippen molar-refractivity contribution in [2.45, 2.75) is 26.5 Å². The molecule has 1 aromatic carbocycles. The van der Waals surface area contributed by atoms with Gasteiger partial charge in [0, 0.05) is 12.7 Å². The molecule has 0 radical (unpaired) electrons. The minimum absolute atomic E-state index is 0.151. The summed E-state index contributed by atoms with van der Waals surface area (Å²) in [6.45, 7) is 4.41. The van der Waals surface area contributed by atoms with Gasteiger partial charge in [-0.25, -0.2) is 9.78 Å². The topological polar surface area (TPSA) is 63.2 Å². The van der Waals surface area contributed by atoms with Crippen molar-refractivity contribution in [1.29, 1.82) is 0 Å². The summed E-state index contributed by atoms with van der Waals surface area (Å²) in [6, 6.07) is 12.7. The van der Waals surface area contributed by atoms with Crippen molar-refractivity contribution in [3.63, 3.8) is 0 Å². The number of nitrogens with zero attached hydrogens (tertiary/aromatic N) is 1. The number of anilines is 1. The fraction of sp³-hybridized carbons (Fsp3) is 0.250. The zero-order valence-electron chi connectivity index (χ0n) is 12.2. The fourth-order valence-corrected chi connectivity index (χ4v) is 1.74. The Morgan fingerprint density at radius 1 is 1.19 bits per heavy atom. The molecule has 0 unspecified atom stereocenters. The first-order chi connectivity index (χ1) is 10.1. The van der Waals surface area contributed by atoms with Gasteiger partial charge in [0.25, 0.3) is 0 Å². The summed E-state index contributed by atoms with van der Waals surface area (Å²) in [5.74, 6) is 1.35. The molecule has 0 saturated carbocycles. The highest BCUT2D eigenvalue weighted by Crippen LogP contribution is 2.13. The van der Waals surface area contributed by atoms with Gasteiger partial charge in [-0.1, -0.05) is 18.2 Å². The molecule has 0 aliphatic carbocycles. The van der Waals surface area contributed by atoms with E-state index < -0.39 is 0 Å². The lowest BCUT2D eigenvalue weighted by atomic mass is 10.2. The first kappa shape index (κ1) is 14.8. The summed E-state index contributed by atoms with van der Waals surface area (Å²) in [7, 11) is 0. The van der Waals surface area contributed by atoms with E-state index in [0.717, 1.165) is 11.3 Å². The highest BCUT2D eigenvalue weighted by molar-refractivity contribution is 5.88. The highest BCUT2D eigenvalue weighted by atomic mass is 16.5. The third-order valence-corrected chi connectivity index (χ3v) is 2.65. The molecule has 5 nitrogen and oxygen atoms in total. The standard InChI is InChI=1S/C16H19N3O2/c1-12(2)21-14-8-6-13(7-9-14)11-18-16(20)19-15-5-3-4-10-17-15/h3-10,12H,11H2,1-2H3,(H2,17,18,19,20). The molecule has 0 bridgehead atoms. The highest BCUT2D eigenvalue weighted by Gasteiger charge is 2.03. The van der Waals surface area contributed by atoms with Gasteiger partial charge in [-0.3, -0.25) is 5.32 Å². The molecule has 1 aromatic heterocycles. The van der Waals surface area contributed by atoms with Crippen LogP contribution in [0.2, 0.25) is 0 Å². The Morgan fingerprint density at radius 2 is 1.95 bits per heavy atom. The SMILES string of the molecule is CC(C)Oc1ccc(CNC(=O)Nc2ccccn2)cc1. The Hall–Kier alpha value is -2.56. The third kappa shape index (κ3) is 5.14. The Bertz CT molecular complexity index is 568. The predicted octanol–water partition coefficient (Wildman–Crippen LogP) is 3.19. The number of ether oxygens (including phenoxy) is 1. The molecular weight excluding hydrogens is 266 g/mol. The van der Waals surface area contributed by atoms with E-state index in [1.807, 2.05) is 44.2 Å². The quantitative estimate of drug-likeness (QED) is 0.886. The van der Waals surface area contributed by atoms with Crippen LogP contribution in [0.4, 0.5) is 10.6 Å². The summed E-state index contributed by atoms with van der Waals surface area (Å²) in [5.41, 5.74) is 1.00. The lowest BCUT2D eigenvalue weighted by molar-refractivity contribution is 0.242. The van der Waals surface area contributed by atoms with Crippen LogP contribution in [0.15, 0.2) is 48.7 Å². The van der Waals surface area contributed by atoms with E-state index in [1.165, 1.54) is 0 Å². The van der Waals surface area contributed by atoms with Gasteiger partial charge >= 0.3 is 6.03 Å². The molecule has 21 heavy (non-hydrogen) atoms. The number of carbonyl (C=O) groups is 1. The first-order valence-electron chi connectivity index (χ1n) is 6.85. The summed E-state index contributed by atoms with van der Waals surface area (Å²) in [4.78, 5) is 15.7. The molecule has 0 saturated heterocycles. The normalized spacial score (nSPS) is 10.2. The molecule has 2 aromatic rings. The van der Waals surface area contributed by atoms with Crippen molar-refractivity contribution in [2.24, 2.45) is 0 Å². The molecule has 0 aliphatic heterocycles. The summed E-state index contributed by atoms with van der Waals surface area (Å²) in [5, 5.41) is 5.44. The maximum absolute atomic E-state index is 11.7. The van der Waals surface area contributed by atoms with Crippen LogP contribution in [0, 0.1) is 0 Å². The van der Waals surface area contributed by atoms with Gasteiger partial charge in [-0.05, 0) is 43.7 Å². The minimum atomic E-state index is -0.281. The maximum Gasteiger partial charge on any atom is 0.320 e. The number of hydrogen-bond donors (Lipinski definition) is 2. The smallest absolute Gasteiger partial charge is 0.320 e. The second-order valence-electron chi connectivity index (χ2n) is 4.83. The number of hydrogen-bond acceptors (Lipinski definition) is 3. The predicted molar refractivity (Wildman–Crippen MR) is 82.3 cm³/mol. The Morgan fingerprint density at radius 3 is 2.57 bits per heavy atom. The van der Waals surface area contributed by atoms with E-state index in [0.29, 0.717) is 12.4 Å². The van der Waals surface area contributed by atoms with Crippen LogP contribution < -0.4 is 15.4 Å². The molecule has 1 heterocycles. The zero-order valence-corrected chi connectivity index (χ0v) is 12.2. The van der Waals surface area contributed by atoms with Gasteiger partial charge < -0.3 is 10.1 Å². The van der Waals surface area contributed by atoms with Gasteiger partial charge in [-0.2, -0.15) is 0 Å². The number of pyridine rings is 1. The minimum Gasteiger partial charge on any atom is -0.491 e. The van der Waals surface area contributed by atoms with E-state index in [-0.39, 0.29) is 12.1 Å². The largest absolute Gasteiger partial charge is 0.491 e. The number of carbonyl (C=O) groups excluding carboxylic acids is 1. The monoisotopic (exact) mass is 285 g/mol. The first-order valence-corrected chi connectivity index (χ1v) is 6.85. The van der Waals surface area contributed by atoms with Crippen LogP contribution >= 0.6 is 0 Å². The van der Waals surface area contributed by atoms with Crippen molar-refractivity contribution in [2.75, 3.05) is 5.32 Å². The van der Waals surface area contributed by atoms with E-state index in [1.54, 1.807) is 18.3 Å². The summed E-state index contributed by atoms with van der Waals surface area (Å²) < 4.78 is 5.57. The van der Waals surface area contributed by atoms with Crippen molar-refractivity contribution < 1.29 is 9.53 Å². The van der Waals surface area contributed by atoms with Gasteiger partial charge in [0.1, 0.15) is 11.6 Å². The Balaban J connectivity index is 1.81. The van der Waals surface area contributed by atoms with E-state index in [2.05, 4.69) is 15.6 Å². The van der Waals surface area contributed by atoms with Crippen LogP contribution in [0.5, 0.6) is 5.75 Å². The van der Waals surface area contributed by atoms with E-state index in [4.69, 9.17) is 4.74 Å². The Kier molecular flexibility index (Phi) is 5.15. The zero-order chi connectivity index (χ0) is 15.1. The molecule has 2 rings (SSSR count). The van der Waals surface area contributed by atoms with Gasteiger partial charge in [0.15, 0.2) is 0 Å². The third-order valence-electron chi connectivity index (χ3n) is 2.65. The molecule has 0 aliphatic rings. The second kappa shape index (κ2) is 7.28. The molecular formula is C16H19N3O2. The fourth-order valence-electron chi connectivity index (χ4n) is 1.74. The van der Waals surface area contributed by atoms with Crippen molar-refractivity contribution in [1.82, 2.24) is 10.3 Å². The van der Waals surface area contributed by atoms with Crippen LogP contribution in [0.3, 0.4) is 0 Å². The van der Waals surface area contributed by atoms with E-state index in [9.17, 15) is 4.79 Å². The molecule has 2 N–H and O–H groups in total. The summed E-state index contributed by atoms with van der Waals surface area (Å²) >= 11 is 0. The number of aromatic nitrogens is 1. The van der Waals surface area contributed by atoms with E-state index >= 15 is 0 Å². The number of benzene rings is 1. The van der Waals surface area contributed by atoms with Crippen LogP contribution in [-0.4, -0.2) is 17.1 Å².